The Morgan fingerprint density at radius 1 is 1.14 bits per heavy atom. The van der Waals surface area contributed by atoms with Gasteiger partial charge in [-0.3, -0.25) is 14.5 Å². The van der Waals surface area contributed by atoms with Crippen LogP contribution in [0.5, 0.6) is 0 Å². The molecule has 3 aromatic rings. The average Bonchev–Trinajstić information content (AvgIpc) is 3.36. The first-order chi connectivity index (χ1) is 13.9. The van der Waals surface area contributed by atoms with Gasteiger partial charge in [0.1, 0.15) is 5.82 Å². The molecule has 0 saturated carbocycles. The molecule has 1 fully saturated rings. The number of aryl methyl sites for hydroxylation is 1. The molecule has 1 aliphatic heterocycles. The third-order valence-corrected chi connectivity index (χ3v) is 6.24. The topological polar surface area (TPSA) is 61.7 Å². The van der Waals surface area contributed by atoms with Gasteiger partial charge in [0, 0.05) is 52.9 Å². The number of amides is 2. The quantitative estimate of drug-likeness (QED) is 0.661. The largest absolute Gasteiger partial charge is 0.345 e. The lowest BCUT2D eigenvalue weighted by Gasteiger charge is -2.34. The van der Waals surface area contributed by atoms with E-state index in [0.717, 1.165) is 54.5 Å². The number of benzene rings is 1. The molecular formula is C21H25N5O2S. The molecule has 1 aliphatic rings. The summed E-state index contributed by atoms with van der Waals surface area (Å²) in [5.41, 5.74) is 2.50. The number of nitrogens with zero attached hydrogens (tertiary/aromatic N) is 5. The number of rotatable bonds is 4. The Morgan fingerprint density at radius 3 is 2.55 bits per heavy atom. The Balaban J connectivity index is 1.44. The lowest BCUT2D eigenvalue weighted by Crippen LogP contribution is -2.48. The van der Waals surface area contributed by atoms with E-state index in [1.54, 1.807) is 19.0 Å². The van der Waals surface area contributed by atoms with Crippen molar-refractivity contribution < 1.29 is 9.59 Å². The second-order valence-corrected chi connectivity index (χ2v) is 8.48. The monoisotopic (exact) mass is 411 g/mol. The summed E-state index contributed by atoms with van der Waals surface area (Å²) in [7, 11) is 5.51. The summed E-state index contributed by atoms with van der Waals surface area (Å²) in [6.07, 6.45) is 0. The van der Waals surface area contributed by atoms with E-state index in [0.29, 0.717) is 5.56 Å². The highest BCUT2D eigenvalue weighted by Crippen LogP contribution is 2.20. The van der Waals surface area contributed by atoms with Crippen molar-refractivity contribution in [2.75, 3.05) is 40.3 Å². The molecule has 7 nitrogen and oxygen atoms in total. The second kappa shape index (κ2) is 7.96. The molecule has 2 amide bonds. The Labute approximate surface area is 174 Å². The van der Waals surface area contributed by atoms with E-state index in [2.05, 4.69) is 9.47 Å². The summed E-state index contributed by atoms with van der Waals surface area (Å²) in [5, 5.41) is 1.94. The molecule has 0 bridgehead atoms. The third-order valence-electron chi connectivity index (χ3n) is 5.38. The van der Waals surface area contributed by atoms with Crippen LogP contribution in [0.3, 0.4) is 0 Å². The highest BCUT2D eigenvalue weighted by Gasteiger charge is 2.24. The fourth-order valence-corrected chi connectivity index (χ4v) is 4.34. The molecule has 0 spiro atoms. The van der Waals surface area contributed by atoms with Crippen LogP contribution in [-0.2, 0) is 13.6 Å². The van der Waals surface area contributed by atoms with Crippen LogP contribution in [0, 0.1) is 0 Å². The standard InChI is InChI=1S/C21H25N5O2S/c1-23(2)20(27)15-6-7-17-16(13-15)22-19(24(17)3)14-25-8-10-26(11-9-25)21(28)18-5-4-12-29-18/h4-7,12-13H,8-11,14H2,1-3H3. The molecule has 29 heavy (non-hydrogen) atoms. The van der Waals surface area contributed by atoms with Gasteiger partial charge < -0.3 is 14.4 Å². The van der Waals surface area contributed by atoms with Gasteiger partial charge in [-0.05, 0) is 29.6 Å². The summed E-state index contributed by atoms with van der Waals surface area (Å²) >= 11 is 1.49. The van der Waals surface area contributed by atoms with Crippen molar-refractivity contribution >= 4 is 34.2 Å². The first kappa shape index (κ1) is 19.6. The zero-order valence-electron chi connectivity index (χ0n) is 17.0. The molecule has 8 heteroatoms. The van der Waals surface area contributed by atoms with Crippen molar-refractivity contribution in [2.24, 2.45) is 7.05 Å². The smallest absolute Gasteiger partial charge is 0.264 e. The molecule has 3 heterocycles. The van der Waals surface area contributed by atoms with Crippen molar-refractivity contribution in [3.05, 3.63) is 52.0 Å². The minimum absolute atomic E-state index is 0.0226. The zero-order valence-corrected chi connectivity index (χ0v) is 17.8. The van der Waals surface area contributed by atoms with Gasteiger partial charge >= 0.3 is 0 Å². The van der Waals surface area contributed by atoms with Crippen LogP contribution in [-0.4, -0.2) is 76.3 Å². The number of imidazole rings is 1. The van der Waals surface area contributed by atoms with Crippen LogP contribution in [0.25, 0.3) is 11.0 Å². The number of carbonyl (C=O) groups is 2. The number of fused-ring (bicyclic) bond motifs is 1. The predicted molar refractivity (Wildman–Crippen MR) is 114 cm³/mol. The molecule has 1 aromatic carbocycles. The van der Waals surface area contributed by atoms with Crippen molar-refractivity contribution in [1.29, 1.82) is 0 Å². The number of piperazine rings is 1. The molecule has 0 N–H and O–H groups in total. The minimum Gasteiger partial charge on any atom is -0.345 e. The third kappa shape index (κ3) is 3.90. The highest BCUT2D eigenvalue weighted by molar-refractivity contribution is 7.12. The maximum absolute atomic E-state index is 12.5. The van der Waals surface area contributed by atoms with Crippen LogP contribution in [0.15, 0.2) is 35.7 Å². The van der Waals surface area contributed by atoms with E-state index in [-0.39, 0.29) is 11.8 Å². The molecule has 0 radical (unpaired) electrons. The summed E-state index contributed by atoms with van der Waals surface area (Å²) in [6.45, 7) is 3.82. The molecule has 152 valence electrons. The maximum atomic E-state index is 12.5. The fraction of sp³-hybridized carbons (Fsp3) is 0.381. The lowest BCUT2D eigenvalue weighted by molar-refractivity contribution is 0.0629. The summed E-state index contributed by atoms with van der Waals surface area (Å²) < 4.78 is 2.09. The van der Waals surface area contributed by atoms with Crippen molar-refractivity contribution in [1.82, 2.24) is 24.3 Å². The van der Waals surface area contributed by atoms with Gasteiger partial charge in [0.15, 0.2) is 0 Å². The molecule has 0 unspecified atom stereocenters. The van der Waals surface area contributed by atoms with Gasteiger partial charge in [-0.15, -0.1) is 11.3 Å². The molecule has 0 aliphatic carbocycles. The van der Waals surface area contributed by atoms with Gasteiger partial charge in [0.2, 0.25) is 0 Å². The fourth-order valence-electron chi connectivity index (χ4n) is 3.65. The van der Waals surface area contributed by atoms with Gasteiger partial charge in [0.05, 0.1) is 22.5 Å². The predicted octanol–water partition coefficient (Wildman–Crippen LogP) is 2.29. The van der Waals surface area contributed by atoms with Gasteiger partial charge in [-0.1, -0.05) is 6.07 Å². The van der Waals surface area contributed by atoms with Gasteiger partial charge in [-0.2, -0.15) is 0 Å². The molecule has 2 aromatic heterocycles. The number of aromatic nitrogens is 2. The zero-order chi connectivity index (χ0) is 20.5. The van der Waals surface area contributed by atoms with E-state index in [1.807, 2.05) is 47.7 Å². The Hall–Kier alpha value is -2.71. The van der Waals surface area contributed by atoms with Crippen molar-refractivity contribution in [3.63, 3.8) is 0 Å². The van der Waals surface area contributed by atoms with Crippen molar-refractivity contribution in [2.45, 2.75) is 6.54 Å². The van der Waals surface area contributed by atoms with E-state index in [1.165, 1.54) is 11.3 Å². The normalized spacial score (nSPS) is 15.1. The maximum Gasteiger partial charge on any atom is 0.264 e. The number of carbonyl (C=O) groups excluding carboxylic acids is 2. The SMILES string of the molecule is CN(C)C(=O)c1ccc2c(c1)nc(CN1CCN(C(=O)c3cccs3)CC1)n2C. The Bertz CT molecular complexity index is 1030. The van der Waals surface area contributed by atoms with Gasteiger partial charge in [0.25, 0.3) is 11.8 Å². The van der Waals surface area contributed by atoms with Crippen molar-refractivity contribution in [3.8, 4) is 0 Å². The number of hydrogen-bond donors (Lipinski definition) is 0. The number of thiophene rings is 1. The second-order valence-electron chi connectivity index (χ2n) is 7.54. The highest BCUT2D eigenvalue weighted by atomic mass is 32.1. The number of hydrogen-bond acceptors (Lipinski definition) is 5. The van der Waals surface area contributed by atoms with Crippen LogP contribution in [0.2, 0.25) is 0 Å². The van der Waals surface area contributed by atoms with Crippen LogP contribution in [0.1, 0.15) is 25.9 Å². The first-order valence-electron chi connectivity index (χ1n) is 9.66. The van der Waals surface area contributed by atoms with E-state index in [9.17, 15) is 9.59 Å². The summed E-state index contributed by atoms with van der Waals surface area (Å²) in [5.74, 6) is 1.07. The van der Waals surface area contributed by atoms with E-state index >= 15 is 0 Å². The molecule has 4 rings (SSSR count). The van der Waals surface area contributed by atoms with E-state index < -0.39 is 0 Å². The average molecular weight is 412 g/mol. The molecule has 0 atom stereocenters. The summed E-state index contributed by atoms with van der Waals surface area (Å²) in [4.78, 5) is 36.1. The Morgan fingerprint density at radius 2 is 1.90 bits per heavy atom. The van der Waals surface area contributed by atoms with E-state index in [4.69, 9.17) is 4.98 Å². The molecular weight excluding hydrogens is 386 g/mol. The minimum atomic E-state index is -0.0226. The first-order valence-corrected chi connectivity index (χ1v) is 10.5. The Kier molecular flexibility index (Phi) is 5.38. The van der Waals surface area contributed by atoms with Crippen LogP contribution < -0.4 is 0 Å². The molecule has 1 saturated heterocycles. The summed E-state index contributed by atoms with van der Waals surface area (Å²) in [6, 6.07) is 9.47. The van der Waals surface area contributed by atoms with Crippen LogP contribution in [0.4, 0.5) is 0 Å². The van der Waals surface area contributed by atoms with Crippen LogP contribution >= 0.6 is 11.3 Å². The lowest BCUT2D eigenvalue weighted by atomic mass is 10.2. The van der Waals surface area contributed by atoms with Gasteiger partial charge in [-0.25, -0.2) is 4.98 Å².